The van der Waals surface area contributed by atoms with Crippen molar-refractivity contribution in [3.05, 3.63) is 52.0 Å². The third kappa shape index (κ3) is 5.33. The van der Waals surface area contributed by atoms with E-state index in [2.05, 4.69) is 25.3 Å². The molecule has 1 N–H and O–H groups in total. The molecule has 2 fully saturated rings. The molecule has 186 valence electrons. The van der Waals surface area contributed by atoms with Crippen LogP contribution in [0.3, 0.4) is 0 Å². The van der Waals surface area contributed by atoms with Crippen LogP contribution in [0.15, 0.2) is 30.9 Å². The molecule has 0 bridgehead atoms. The van der Waals surface area contributed by atoms with E-state index in [0.29, 0.717) is 45.1 Å². The summed E-state index contributed by atoms with van der Waals surface area (Å²) in [7, 11) is 1.57. The van der Waals surface area contributed by atoms with E-state index in [1.807, 2.05) is 17.8 Å². The summed E-state index contributed by atoms with van der Waals surface area (Å²) in [5, 5.41) is 8.74. The van der Waals surface area contributed by atoms with Gasteiger partial charge < -0.3 is 19.5 Å². The molecule has 2 aliphatic heterocycles. The first-order valence-corrected chi connectivity index (χ1v) is 12.4. The molecule has 0 amide bonds. The Bertz CT molecular complexity index is 1160. The van der Waals surface area contributed by atoms with Gasteiger partial charge in [0.25, 0.3) is 0 Å². The summed E-state index contributed by atoms with van der Waals surface area (Å²) >= 11 is 12.8. The third-order valence-electron chi connectivity index (χ3n) is 6.54. The summed E-state index contributed by atoms with van der Waals surface area (Å²) in [6.07, 6.45) is 9.19. The highest BCUT2D eigenvalue weighted by Crippen LogP contribution is 2.36. The van der Waals surface area contributed by atoms with E-state index in [4.69, 9.17) is 37.4 Å². The fourth-order valence-electron chi connectivity index (χ4n) is 4.37. The summed E-state index contributed by atoms with van der Waals surface area (Å²) < 4.78 is 18.5. The molecule has 4 heterocycles. The van der Waals surface area contributed by atoms with E-state index in [9.17, 15) is 0 Å². The van der Waals surface area contributed by atoms with Crippen LogP contribution in [0, 0.1) is 6.92 Å². The van der Waals surface area contributed by atoms with Gasteiger partial charge >= 0.3 is 0 Å². The summed E-state index contributed by atoms with van der Waals surface area (Å²) in [5.74, 6) is 1.52. The highest BCUT2D eigenvalue weighted by atomic mass is 35.5. The van der Waals surface area contributed by atoms with Crippen LogP contribution in [0.4, 0.5) is 11.6 Å². The number of halogens is 2. The molecule has 11 heteroatoms. The maximum atomic E-state index is 6.42. The van der Waals surface area contributed by atoms with Gasteiger partial charge in [0, 0.05) is 24.8 Å². The van der Waals surface area contributed by atoms with Crippen LogP contribution in [-0.2, 0) is 11.3 Å². The molecule has 0 saturated carbocycles. The van der Waals surface area contributed by atoms with Gasteiger partial charge in [-0.2, -0.15) is 5.10 Å². The van der Waals surface area contributed by atoms with Gasteiger partial charge in [0.15, 0.2) is 5.75 Å². The average molecular weight is 519 g/mol. The van der Waals surface area contributed by atoms with E-state index in [1.54, 1.807) is 31.8 Å². The molecule has 1 aromatic carbocycles. The Labute approximate surface area is 214 Å². The number of rotatable bonds is 8. The highest BCUT2D eigenvalue weighted by molar-refractivity contribution is 6.37. The predicted octanol–water partition coefficient (Wildman–Crippen LogP) is 4.66. The quantitative estimate of drug-likeness (QED) is 0.460. The Balaban J connectivity index is 1.16. The largest absolute Gasteiger partial charge is 0.495 e. The lowest BCUT2D eigenvalue weighted by Gasteiger charge is -2.41. The number of anilines is 2. The van der Waals surface area contributed by atoms with Crippen LogP contribution in [0.1, 0.15) is 30.0 Å². The van der Waals surface area contributed by atoms with Gasteiger partial charge in [-0.1, -0.05) is 23.2 Å². The number of nitrogens with one attached hydrogen (secondary N) is 1. The fraction of sp³-hybridized carbons (Fsp3) is 0.458. The second-order valence-corrected chi connectivity index (χ2v) is 9.58. The lowest BCUT2D eigenvalue weighted by atomic mass is 10.0. The standard InChI is InChI=1S/C24H28Cl2N6O3/c1-15-7-21(33-2)23(26)20(22(15)25)14-35-19-9-27-24(28-10-19)30-16-8-29-32(11-16)17-3-5-31(6-4-17)18-12-34-13-18/h7-11,17-18H,3-6,12-14H2,1-2H3,(H,27,28,30). The van der Waals surface area contributed by atoms with Crippen LogP contribution < -0.4 is 14.8 Å². The van der Waals surface area contributed by atoms with Gasteiger partial charge in [0.05, 0.1) is 66.7 Å². The van der Waals surface area contributed by atoms with Crippen molar-refractivity contribution in [3.8, 4) is 11.5 Å². The van der Waals surface area contributed by atoms with E-state index >= 15 is 0 Å². The van der Waals surface area contributed by atoms with Crippen molar-refractivity contribution in [2.75, 3.05) is 38.7 Å². The van der Waals surface area contributed by atoms with Crippen molar-refractivity contribution in [3.63, 3.8) is 0 Å². The molecule has 35 heavy (non-hydrogen) atoms. The van der Waals surface area contributed by atoms with Crippen molar-refractivity contribution in [1.29, 1.82) is 0 Å². The van der Waals surface area contributed by atoms with Gasteiger partial charge in [-0.05, 0) is 31.4 Å². The van der Waals surface area contributed by atoms with E-state index in [-0.39, 0.29) is 6.61 Å². The number of piperidine rings is 1. The molecule has 0 radical (unpaired) electrons. The minimum atomic E-state index is 0.172. The molecule has 3 aromatic rings. The first-order chi connectivity index (χ1) is 17.0. The zero-order valence-corrected chi connectivity index (χ0v) is 21.2. The Morgan fingerprint density at radius 3 is 2.49 bits per heavy atom. The average Bonchev–Trinajstić information content (AvgIpc) is 3.30. The van der Waals surface area contributed by atoms with Gasteiger partial charge in [0.2, 0.25) is 5.95 Å². The number of hydrogen-bond acceptors (Lipinski definition) is 8. The van der Waals surface area contributed by atoms with Crippen molar-refractivity contribution >= 4 is 34.8 Å². The van der Waals surface area contributed by atoms with Crippen molar-refractivity contribution in [2.24, 2.45) is 0 Å². The summed E-state index contributed by atoms with van der Waals surface area (Å²) in [4.78, 5) is 11.2. The first kappa shape index (κ1) is 24.1. The van der Waals surface area contributed by atoms with Crippen LogP contribution in [0.2, 0.25) is 10.0 Å². The Hall–Kier alpha value is -2.59. The minimum Gasteiger partial charge on any atom is -0.495 e. The van der Waals surface area contributed by atoms with Crippen LogP contribution in [-0.4, -0.2) is 64.1 Å². The first-order valence-electron chi connectivity index (χ1n) is 11.6. The molecule has 0 unspecified atom stereocenters. The minimum absolute atomic E-state index is 0.172. The monoisotopic (exact) mass is 518 g/mol. The topological polar surface area (TPSA) is 86.6 Å². The Kier molecular flexibility index (Phi) is 7.29. The van der Waals surface area contributed by atoms with Gasteiger partial charge in [-0.15, -0.1) is 0 Å². The predicted molar refractivity (Wildman–Crippen MR) is 134 cm³/mol. The number of ether oxygens (including phenoxy) is 3. The van der Waals surface area contributed by atoms with Crippen molar-refractivity contribution in [1.82, 2.24) is 24.6 Å². The van der Waals surface area contributed by atoms with E-state index in [0.717, 1.165) is 50.4 Å². The molecule has 0 aliphatic carbocycles. The van der Waals surface area contributed by atoms with E-state index < -0.39 is 0 Å². The lowest BCUT2D eigenvalue weighted by Crippen LogP contribution is -2.51. The molecule has 9 nitrogen and oxygen atoms in total. The molecule has 2 saturated heterocycles. The number of aryl methyl sites for hydroxylation is 1. The number of benzene rings is 1. The molecule has 5 rings (SSSR count). The smallest absolute Gasteiger partial charge is 0.227 e. The number of nitrogens with zero attached hydrogens (tertiary/aromatic N) is 5. The molecule has 2 aromatic heterocycles. The molecular weight excluding hydrogens is 491 g/mol. The number of hydrogen-bond donors (Lipinski definition) is 1. The number of methoxy groups -OCH3 is 1. The zero-order chi connectivity index (χ0) is 24.4. The van der Waals surface area contributed by atoms with Crippen molar-refractivity contribution < 1.29 is 14.2 Å². The molecule has 0 atom stereocenters. The summed E-state index contributed by atoms with van der Waals surface area (Å²) in [6, 6.07) is 2.80. The van der Waals surface area contributed by atoms with Crippen LogP contribution in [0.5, 0.6) is 11.5 Å². The van der Waals surface area contributed by atoms with E-state index in [1.165, 1.54) is 0 Å². The SMILES string of the molecule is COc1cc(C)c(Cl)c(COc2cnc(Nc3cnn(C4CCN(C5COC5)CC4)c3)nc2)c1Cl. The number of aromatic nitrogens is 4. The Morgan fingerprint density at radius 1 is 1.09 bits per heavy atom. The fourth-order valence-corrected chi connectivity index (χ4v) is 4.91. The van der Waals surface area contributed by atoms with Crippen molar-refractivity contribution in [2.45, 2.75) is 38.5 Å². The van der Waals surface area contributed by atoms with Gasteiger partial charge in [-0.25, -0.2) is 9.97 Å². The van der Waals surface area contributed by atoms with Gasteiger partial charge in [-0.3, -0.25) is 9.58 Å². The molecule has 2 aliphatic rings. The summed E-state index contributed by atoms with van der Waals surface area (Å²) in [6.45, 7) is 5.96. The van der Waals surface area contributed by atoms with Gasteiger partial charge in [0.1, 0.15) is 12.4 Å². The molecular formula is C24H28Cl2N6O3. The molecule has 0 spiro atoms. The summed E-state index contributed by atoms with van der Waals surface area (Å²) in [5.41, 5.74) is 2.37. The van der Waals surface area contributed by atoms with Crippen LogP contribution >= 0.6 is 23.2 Å². The second-order valence-electron chi connectivity index (χ2n) is 8.83. The lowest BCUT2D eigenvalue weighted by molar-refractivity contribution is -0.0734. The third-order valence-corrected chi connectivity index (χ3v) is 7.48. The Morgan fingerprint density at radius 2 is 1.83 bits per heavy atom. The highest BCUT2D eigenvalue weighted by Gasteiger charge is 2.30. The second kappa shape index (κ2) is 10.6. The number of likely N-dealkylation sites (tertiary alicyclic amines) is 1. The maximum absolute atomic E-state index is 6.42. The zero-order valence-electron chi connectivity index (χ0n) is 19.7. The normalized spacial score (nSPS) is 17.3. The maximum Gasteiger partial charge on any atom is 0.227 e. The van der Waals surface area contributed by atoms with Crippen LogP contribution in [0.25, 0.3) is 0 Å².